The molecule has 176 valence electrons. The summed E-state index contributed by atoms with van der Waals surface area (Å²) in [5.74, 6) is -0.883. The molecule has 1 aliphatic rings. The molecule has 7 nitrogen and oxygen atoms in total. The normalized spacial score (nSPS) is 19.2. The van der Waals surface area contributed by atoms with Gasteiger partial charge in [0, 0.05) is 0 Å². The highest BCUT2D eigenvalue weighted by Gasteiger charge is 2.57. The van der Waals surface area contributed by atoms with Crippen molar-refractivity contribution in [2.45, 2.75) is 66.0 Å². The summed E-state index contributed by atoms with van der Waals surface area (Å²) < 4.78 is 17.6. The van der Waals surface area contributed by atoms with Crippen molar-refractivity contribution in [1.29, 1.82) is 0 Å². The molecule has 1 saturated heterocycles. The van der Waals surface area contributed by atoms with Gasteiger partial charge in [-0.05, 0) is 31.2 Å². The number of rotatable bonds is 10. The Hall–Kier alpha value is -2.61. The lowest BCUT2D eigenvalue weighted by Gasteiger charge is -2.55. The van der Waals surface area contributed by atoms with Crippen molar-refractivity contribution >= 4 is 27.0 Å². The lowest BCUT2D eigenvalue weighted by atomic mass is 9.65. The fourth-order valence-corrected chi connectivity index (χ4v) is 6.05. The van der Waals surface area contributed by atoms with Gasteiger partial charge in [-0.2, -0.15) is 0 Å². The van der Waals surface area contributed by atoms with E-state index in [1.54, 1.807) is 13.8 Å². The predicted octanol–water partition coefficient (Wildman–Crippen LogP) is 4.07. The first kappa shape index (κ1) is 25.6. The maximum absolute atomic E-state index is 13.0. The van der Waals surface area contributed by atoms with Gasteiger partial charge in [-0.1, -0.05) is 63.9 Å². The molecule has 3 atom stereocenters. The van der Waals surface area contributed by atoms with Crippen LogP contribution < -0.4 is 0 Å². The molecule has 1 aliphatic heterocycles. The summed E-state index contributed by atoms with van der Waals surface area (Å²) in [6.07, 6.45) is -0.784. The van der Waals surface area contributed by atoms with Gasteiger partial charge in [0.15, 0.2) is 0 Å². The van der Waals surface area contributed by atoms with Gasteiger partial charge in [0.1, 0.15) is 21.7 Å². The van der Waals surface area contributed by atoms with Crippen molar-refractivity contribution in [3.8, 4) is 0 Å². The number of esters is 1. The van der Waals surface area contributed by atoms with E-state index in [1.165, 1.54) is 0 Å². The van der Waals surface area contributed by atoms with E-state index in [1.807, 2.05) is 61.8 Å². The van der Waals surface area contributed by atoms with Crippen molar-refractivity contribution in [1.82, 2.24) is 4.57 Å². The van der Waals surface area contributed by atoms with Crippen molar-refractivity contribution in [3.63, 3.8) is 0 Å². The number of benzene rings is 1. The van der Waals surface area contributed by atoms with Crippen LogP contribution in [-0.4, -0.2) is 50.3 Å². The molecule has 1 aromatic rings. The Morgan fingerprint density at radius 3 is 2.38 bits per heavy atom. The first-order valence-electron chi connectivity index (χ1n) is 11.0. The molecule has 0 aromatic heterocycles. The largest absolute Gasteiger partial charge is 0.508 e. The summed E-state index contributed by atoms with van der Waals surface area (Å²) in [6.45, 7) is 15.8. The molecule has 0 bridgehead atoms. The number of β-lactam (4-membered cyclic amide) rings is 1. The minimum Gasteiger partial charge on any atom is -0.463 e. The number of nitrogens with zero attached hydrogens (tertiary/aromatic N) is 1. The molecule has 2 rings (SSSR count). The lowest BCUT2D eigenvalue weighted by molar-refractivity contribution is -0.156. The Morgan fingerprint density at radius 1 is 1.19 bits per heavy atom. The topological polar surface area (TPSA) is 82.1 Å². The molecule has 1 amide bonds. The van der Waals surface area contributed by atoms with E-state index in [0.29, 0.717) is 12.0 Å². The number of carbonyl (C=O) groups excluding carboxylic acids is 3. The molecule has 1 aromatic carbocycles. The summed E-state index contributed by atoms with van der Waals surface area (Å²) in [5, 5.41) is 0. The minimum absolute atomic E-state index is 0.0194. The Labute approximate surface area is 192 Å². The van der Waals surface area contributed by atoms with Crippen molar-refractivity contribution < 1.29 is 28.6 Å². The Kier molecular flexibility index (Phi) is 8.66. The van der Waals surface area contributed by atoms with Crippen LogP contribution in [-0.2, 0) is 30.4 Å². The van der Waals surface area contributed by atoms with E-state index in [-0.39, 0.29) is 25.2 Å². The molecule has 0 aliphatic carbocycles. The third-order valence-corrected chi connectivity index (χ3v) is 7.43. The highest BCUT2D eigenvalue weighted by molar-refractivity contribution is 6.57. The average Bonchev–Trinajstić information content (AvgIpc) is 2.69. The smallest absolute Gasteiger partial charge is 0.463 e. The second kappa shape index (κ2) is 10.8. The minimum atomic E-state index is -1.51. The van der Waals surface area contributed by atoms with Crippen LogP contribution in [0.4, 0.5) is 4.79 Å². The van der Waals surface area contributed by atoms with E-state index < -0.39 is 38.5 Å². The average molecular weight is 462 g/mol. The zero-order chi connectivity index (χ0) is 24.1. The van der Waals surface area contributed by atoms with E-state index in [4.69, 9.17) is 14.2 Å². The summed E-state index contributed by atoms with van der Waals surface area (Å²) in [6, 6.07) is 8.97. The number of hydrogen-bond acceptors (Lipinski definition) is 6. The molecule has 0 N–H and O–H groups in total. The van der Waals surface area contributed by atoms with Crippen LogP contribution in [0.5, 0.6) is 0 Å². The maximum Gasteiger partial charge on any atom is 0.508 e. The van der Waals surface area contributed by atoms with Crippen molar-refractivity contribution in [2.75, 3.05) is 6.61 Å². The second-order valence-corrected chi connectivity index (χ2v) is 11.9. The van der Waals surface area contributed by atoms with Gasteiger partial charge < -0.3 is 18.8 Å². The van der Waals surface area contributed by atoms with Gasteiger partial charge in [-0.3, -0.25) is 4.79 Å². The molecule has 1 unspecified atom stereocenters. The molecule has 8 heteroatoms. The maximum atomic E-state index is 13.0. The van der Waals surface area contributed by atoms with Crippen molar-refractivity contribution in [2.24, 2.45) is 11.3 Å². The quantitative estimate of drug-likeness (QED) is 0.226. The monoisotopic (exact) mass is 461 g/mol. The van der Waals surface area contributed by atoms with Gasteiger partial charge in [0.2, 0.25) is 5.91 Å². The van der Waals surface area contributed by atoms with Crippen LogP contribution in [0, 0.1) is 11.3 Å². The summed E-state index contributed by atoms with van der Waals surface area (Å²) >= 11 is 0. The molecule has 0 spiro atoms. The van der Waals surface area contributed by atoms with E-state index >= 15 is 0 Å². The Morgan fingerprint density at radius 2 is 1.81 bits per heavy atom. The van der Waals surface area contributed by atoms with E-state index in [0.717, 1.165) is 5.56 Å². The molecular formula is C24H35NO6Si. The zero-order valence-electron chi connectivity index (χ0n) is 19.9. The van der Waals surface area contributed by atoms with E-state index in [2.05, 4.69) is 6.58 Å². The second-order valence-electron chi connectivity index (χ2n) is 9.15. The molecule has 1 fully saturated rings. The summed E-state index contributed by atoms with van der Waals surface area (Å²) in [7, 11) is -1.51. The fourth-order valence-electron chi connectivity index (χ4n) is 4.39. The fraction of sp³-hybridized carbons (Fsp3) is 0.542. The molecule has 0 saturated carbocycles. The first-order valence-corrected chi connectivity index (χ1v) is 13.9. The van der Waals surface area contributed by atoms with Gasteiger partial charge >= 0.3 is 12.1 Å². The standard InChI is InChI=1S/C24H35NO6Si/c1-8-29-22(27)17(3)20-19(21(26)25(20)32(6)7)24(4,5)14-16(2)31-23(28)30-15-18-12-10-9-11-13-18/h9-13,16,19-20,32H,3,8,14-15H2,1-2,4-7H3/t16?,19-,20+/m0/s1. The Balaban J connectivity index is 2.02. The zero-order valence-corrected chi connectivity index (χ0v) is 21.1. The Bertz CT molecular complexity index is 838. The van der Waals surface area contributed by atoms with E-state index in [9.17, 15) is 14.4 Å². The number of amides is 1. The number of hydrogen-bond donors (Lipinski definition) is 0. The van der Waals surface area contributed by atoms with Crippen LogP contribution in [0.25, 0.3) is 0 Å². The van der Waals surface area contributed by atoms with Gasteiger partial charge in [-0.25, -0.2) is 9.59 Å². The van der Waals surface area contributed by atoms with Crippen LogP contribution in [0.15, 0.2) is 42.5 Å². The predicted molar refractivity (Wildman–Crippen MR) is 124 cm³/mol. The van der Waals surface area contributed by atoms with Crippen LogP contribution >= 0.6 is 0 Å². The first-order chi connectivity index (χ1) is 15.0. The van der Waals surface area contributed by atoms with Crippen molar-refractivity contribution in [3.05, 3.63) is 48.0 Å². The van der Waals surface area contributed by atoms with Crippen LogP contribution in [0.3, 0.4) is 0 Å². The third-order valence-electron chi connectivity index (χ3n) is 5.74. The highest BCUT2D eigenvalue weighted by atomic mass is 28.3. The molecular weight excluding hydrogens is 426 g/mol. The van der Waals surface area contributed by atoms with Gasteiger partial charge in [0.25, 0.3) is 0 Å². The molecule has 0 radical (unpaired) electrons. The third kappa shape index (κ3) is 6.00. The lowest BCUT2D eigenvalue weighted by Crippen LogP contribution is -2.69. The highest BCUT2D eigenvalue weighted by Crippen LogP contribution is 2.46. The summed E-state index contributed by atoms with van der Waals surface area (Å²) in [5.41, 5.74) is 0.646. The van der Waals surface area contributed by atoms with Crippen LogP contribution in [0.2, 0.25) is 13.1 Å². The summed E-state index contributed by atoms with van der Waals surface area (Å²) in [4.78, 5) is 37.5. The van der Waals surface area contributed by atoms with Gasteiger partial charge in [0.05, 0.1) is 24.1 Å². The SMILES string of the molecule is C=C(C(=O)OCC)[C@@H]1[C@H](C(C)(C)CC(C)OC(=O)OCc2ccccc2)C(=O)N1[SiH](C)C. The molecule has 1 heterocycles. The number of ether oxygens (including phenoxy) is 3. The van der Waals surface area contributed by atoms with Crippen LogP contribution in [0.1, 0.15) is 39.7 Å². The number of carbonyl (C=O) groups is 3. The molecule has 32 heavy (non-hydrogen) atoms. The van der Waals surface area contributed by atoms with Gasteiger partial charge in [-0.15, -0.1) is 0 Å².